The molecule has 0 amide bonds. The van der Waals surface area contributed by atoms with Gasteiger partial charge in [0, 0.05) is 18.3 Å². The number of aliphatic hydroxyl groups excluding tert-OH is 2. The molecule has 2 aliphatic rings. The number of Topliss-reactive ketones (excluding diaryl/α,β-unsaturated/α-hetero) is 1. The van der Waals surface area contributed by atoms with Gasteiger partial charge in [0.2, 0.25) is 17.3 Å². The third-order valence-electron chi connectivity index (χ3n) is 6.91. The van der Waals surface area contributed by atoms with Crippen molar-refractivity contribution >= 4 is 23.7 Å². The van der Waals surface area contributed by atoms with Crippen molar-refractivity contribution in [3.05, 3.63) is 35.9 Å². The molecule has 0 aliphatic carbocycles. The Morgan fingerprint density at radius 3 is 2.06 bits per heavy atom. The van der Waals surface area contributed by atoms with Gasteiger partial charge in [-0.2, -0.15) is 0 Å². The van der Waals surface area contributed by atoms with Gasteiger partial charge in [-0.05, 0) is 18.4 Å². The zero-order chi connectivity index (χ0) is 26.3. The average Bonchev–Trinajstić information content (AvgIpc) is 3.00. The highest BCUT2D eigenvalue weighted by Gasteiger charge is 2.84. The highest BCUT2D eigenvalue weighted by atomic mass is 16.8. The Kier molecular flexibility index (Phi) is 7.08. The molecule has 35 heavy (non-hydrogen) atoms. The van der Waals surface area contributed by atoms with Crippen LogP contribution in [0.1, 0.15) is 32.3 Å². The number of ketones is 1. The molecule has 0 saturated carbocycles. The predicted molar refractivity (Wildman–Crippen MR) is 114 cm³/mol. The first-order valence-corrected chi connectivity index (χ1v) is 11.0. The van der Waals surface area contributed by atoms with Crippen LogP contribution in [-0.4, -0.2) is 89.6 Å². The summed E-state index contributed by atoms with van der Waals surface area (Å²) < 4.78 is 10.5. The van der Waals surface area contributed by atoms with E-state index in [2.05, 4.69) is 0 Å². The summed E-state index contributed by atoms with van der Waals surface area (Å²) in [5, 5.41) is 60.8. The molecule has 0 aromatic heterocycles. The van der Waals surface area contributed by atoms with Gasteiger partial charge in [-0.1, -0.05) is 44.2 Å². The molecule has 8 atom stereocenters. The lowest BCUT2D eigenvalue weighted by Gasteiger charge is -2.48. The lowest BCUT2D eigenvalue weighted by Crippen LogP contribution is -2.77. The Morgan fingerprint density at radius 2 is 1.54 bits per heavy atom. The van der Waals surface area contributed by atoms with Gasteiger partial charge in [0.05, 0.1) is 0 Å². The van der Waals surface area contributed by atoms with Gasteiger partial charge >= 0.3 is 17.9 Å². The van der Waals surface area contributed by atoms with Crippen molar-refractivity contribution in [2.45, 2.75) is 68.4 Å². The van der Waals surface area contributed by atoms with E-state index in [4.69, 9.17) is 9.47 Å². The number of hydrogen-bond donors (Lipinski definition) is 6. The maximum absolute atomic E-state index is 12.9. The Hall–Kier alpha value is -2.90. The molecule has 0 spiro atoms. The van der Waals surface area contributed by atoms with E-state index in [0.29, 0.717) is 6.42 Å². The lowest BCUT2D eigenvalue weighted by atomic mass is 9.74. The molecule has 2 aliphatic heterocycles. The summed E-state index contributed by atoms with van der Waals surface area (Å²) in [6, 6.07) is 9.26. The third-order valence-corrected chi connectivity index (χ3v) is 6.91. The largest absolute Gasteiger partial charge is 0.479 e. The highest BCUT2D eigenvalue weighted by Crippen LogP contribution is 2.54. The van der Waals surface area contributed by atoms with Crippen molar-refractivity contribution < 1.29 is 59.3 Å². The molecule has 3 rings (SSSR count). The maximum Gasteiger partial charge on any atom is 0.343 e. The van der Waals surface area contributed by atoms with Crippen LogP contribution in [-0.2, 0) is 35.1 Å². The van der Waals surface area contributed by atoms with E-state index >= 15 is 0 Å². The molecule has 1 aromatic carbocycles. The normalized spacial score (nSPS) is 35.7. The monoisotopic (exact) mass is 496 g/mol. The highest BCUT2D eigenvalue weighted by molar-refractivity contribution is 5.97. The Bertz CT molecular complexity index is 1010. The number of benzene rings is 1. The molecule has 2 bridgehead atoms. The average molecular weight is 496 g/mol. The van der Waals surface area contributed by atoms with Crippen LogP contribution in [0.25, 0.3) is 0 Å². The molecule has 12 nitrogen and oxygen atoms in total. The molecule has 12 heteroatoms. The first kappa shape index (κ1) is 26.7. The molecular formula is C23H28O12. The van der Waals surface area contributed by atoms with Crippen LogP contribution in [0.3, 0.4) is 0 Å². The third kappa shape index (κ3) is 4.00. The SMILES string of the molecule is C[C@H](CC[C@]12O[C@H](C(=O)O)[C@@](O)(C(=O)O)[C@](C(=O)O)(O1)[C@H](O)[C@H]2O)C(=O)[C@H](C)Cc1ccccc1. The smallest absolute Gasteiger partial charge is 0.343 e. The van der Waals surface area contributed by atoms with Gasteiger partial charge < -0.3 is 40.1 Å². The number of carboxylic acids is 3. The molecule has 0 unspecified atom stereocenters. The number of aliphatic hydroxyl groups is 3. The second kappa shape index (κ2) is 9.28. The minimum atomic E-state index is -3.78. The van der Waals surface area contributed by atoms with Crippen LogP contribution in [0.15, 0.2) is 30.3 Å². The van der Waals surface area contributed by atoms with Crippen molar-refractivity contribution in [3.63, 3.8) is 0 Å². The van der Waals surface area contributed by atoms with Crippen molar-refractivity contribution in [3.8, 4) is 0 Å². The summed E-state index contributed by atoms with van der Waals surface area (Å²) in [5.41, 5.74) is -6.29. The zero-order valence-electron chi connectivity index (χ0n) is 19.0. The number of carbonyl (C=O) groups excluding carboxylic acids is 1. The van der Waals surface area contributed by atoms with Crippen LogP contribution in [0, 0.1) is 11.8 Å². The van der Waals surface area contributed by atoms with Crippen molar-refractivity contribution in [2.75, 3.05) is 0 Å². The van der Waals surface area contributed by atoms with Crippen molar-refractivity contribution in [1.29, 1.82) is 0 Å². The van der Waals surface area contributed by atoms with Crippen molar-refractivity contribution in [1.82, 2.24) is 0 Å². The second-order valence-corrected chi connectivity index (χ2v) is 9.18. The summed E-state index contributed by atoms with van der Waals surface area (Å²) >= 11 is 0. The number of ether oxygens (including phenoxy) is 2. The summed E-state index contributed by atoms with van der Waals surface area (Å²) in [6.07, 6.45) is -7.61. The standard InChI is InChI=1S/C23H28O12/c1-11(14(24)12(2)10-13-6-4-3-5-7-13)8-9-21-15(25)16(26)23(35-21,20(31)32)22(33,19(29)30)17(34-21)18(27)28/h3-7,11-12,15-17,25-26,33H,8-10H2,1-2H3,(H,27,28)(H,29,30)(H,31,32)/t11-,12-,15-,16-,17-,21+,22-,23+/m1/s1. The van der Waals surface area contributed by atoms with Crippen molar-refractivity contribution in [2.24, 2.45) is 11.8 Å². The Morgan fingerprint density at radius 1 is 0.943 bits per heavy atom. The van der Waals surface area contributed by atoms with Gasteiger partial charge in [0.15, 0.2) is 5.79 Å². The number of carboxylic acid groups (broad SMARTS) is 3. The van der Waals surface area contributed by atoms with E-state index in [0.717, 1.165) is 5.56 Å². The fraction of sp³-hybridized carbons (Fsp3) is 0.565. The number of rotatable bonds is 10. The first-order chi connectivity index (χ1) is 16.2. The van der Waals surface area contributed by atoms with Gasteiger partial charge in [0.25, 0.3) is 0 Å². The minimum absolute atomic E-state index is 0.0880. The number of fused-ring (bicyclic) bond motifs is 2. The molecule has 2 heterocycles. The van der Waals surface area contributed by atoms with Gasteiger partial charge in [-0.25, -0.2) is 14.4 Å². The van der Waals surface area contributed by atoms with Crippen LogP contribution < -0.4 is 0 Å². The number of hydrogen-bond acceptors (Lipinski definition) is 9. The summed E-state index contributed by atoms with van der Waals surface area (Å²) in [6.45, 7) is 3.31. The number of carbonyl (C=O) groups is 4. The number of aliphatic carboxylic acids is 3. The second-order valence-electron chi connectivity index (χ2n) is 9.18. The molecule has 2 saturated heterocycles. The molecule has 2 fully saturated rings. The molecule has 0 radical (unpaired) electrons. The summed E-state index contributed by atoms with van der Waals surface area (Å²) in [4.78, 5) is 48.7. The minimum Gasteiger partial charge on any atom is -0.479 e. The molecule has 6 N–H and O–H groups in total. The maximum atomic E-state index is 12.9. The van der Waals surface area contributed by atoms with Gasteiger partial charge in [-0.3, -0.25) is 4.79 Å². The van der Waals surface area contributed by atoms with Gasteiger partial charge in [-0.15, -0.1) is 0 Å². The molecule has 1 aromatic rings. The van der Waals surface area contributed by atoms with E-state index in [1.54, 1.807) is 13.8 Å². The Balaban J connectivity index is 1.87. The van der Waals surface area contributed by atoms with E-state index in [1.165, 1.54) is 0 Å². The van der Waals surface area contributed by atoms with E-state index in [-0.39, 0.29) is 12.2 Å². The van der Waals surface area contributed by atoms with E-state index in [1.807, 2.05) is 30.3 Å². The summed E-state index contributed by atoms with van der Waals surface area (Å²) in [5.74, 6) is -10.3. The van der Waals surface area contributed by atoms with Crippen LogP contribution >= 0.6 is 0 Å². The fourth-order valence-corrected chi connectivity index (χ4v) is 4.94. The zero-order valence-corrected chi connectivity index (χ0v) is 19.0. The quantitative estimate of drug-likeness (QED) is 0.240. The Labute approximate surface area is 199 Å². The van der Waals surface area contributed by atoms with E-state index in [9.17, 15) is 49.8 Å². The van der Waals surface area contributed by atoms with Crippen LogP contribution in [0.2, 0.25) is 0 Å². The molecule has 192 valence electrons. The summed E-state index contributed by atoms with van der Waals surface area (Å²) in [7, 11) is 0. The van der Waals surface area contributed by atoms with Crippen LogP contribution in [0.5, 0.6) is 0 Å². The topological polar surface area (TPSA) is 208 Å². The fourth-order valence-electron chi connectivity index (χ4n) is 4.94. The molecular weight excluding hydrogens is 468 g/mol. The van der Waals surface area contributed by atoms with Crippen LogP contribution in [0.4, 0.5) is 0 Å². The lowest BCUT2D eigenvalue weighted by molar-refractivity contribution is -0.374. The predicted octanol–water partition coefficient (Wildman–Crippen LogP) is -0.579. The van der Waals surface area contributed by atoms with E-state index < -0.39 is 71.5 Å². The first-order valence-electron chi connectivity index (χ1n) is 11.0. The van der Waals surface area contributed by atoms with Gasteiger partial charge in [0.1, 0.15) is 18.0 Å².